The zero-order valence-electron chi connectivity index (χ0n) is 13.6. The third kappa shape index (κ3) is 4.36. The van der Waals surface area contributed by atoms with Crippen LogP contribution >= 0.6 is 12.4 Å². The van der Waals surface area contributed by atoms with Crippen molar-refractivity contribution in [2.45, 2.75) is 37.2 Å². The zero-order valence-corrected chi connectivity index (χ0v) is 14.4. The van der Waals surface area contributed by atoms with Crippen LogP contribution in [0.2, 0.25) is 0 Å². The van der Waals surface area contributed by atoms with Gasteiger partial charge in [0.2, 0.25) is 0 Å². The normalized spacial score (nSPS) is 28.4. The van der Waals surface area contributed by atoms with Crippen LogP contribution in [0.5, 0.6) is 0 Å². The lowest BCUT2D eigenvalue weighted by Gasteiger charge is -2.27. The Hall–Kier alpha value is -1.41. The van der Waals surface area contributed by atoms with Crippen LogP contribution in [0.15, 0.2) is 30.3 Å². The standard InChI is InChI=1S/C16H22N2O5.ClH/c1-17(9-5-8-12-6-3-2-4-7-12)13-10-21-16-14(23-18(19)20)11-22-15(13)16;/h2-4,6-7,13-16H,5,8-11H2,1H3;1H/t13-,14-,15+,16+;/m0./s1. The first-order valence-corrected chi connectivity index (χ1v) is 7.93. The van der Waals surface area contributed by atoms with E-state index in [1.54, 1.807) is 0 Å². The Morgan fingerprint density at radius 3 is 2.67 bits per heavy atom. The van der Waals surface area contributed by atoms with E-state index in [2.05, 4.69) is 34.0 Å². The second-order valence-corrected chi connectivity index (χ2v) is 6.10. The molecule has 2 aliphatic heterocycles. The van der Waals surface area contributed by atoms with E-state index < -0.39 is 11.2 Å². The van der Waals surface area contributed by atoms with E-state index in [0.717, 1.165) is 19.4 Å². The molecule has 0 aliphatic carbocycles. The van der Waals surface area contributed by atoms with Crippen LogP contribution in [0.4, 0.5) is 0 Å². The molecule has 0 saturated carbocycles. The van der Waals surface area contributed by atoms with Gasteiger partial charge in [-0.2, -0.15) is 0 Å². The van der Waals surface area contributed by atoms with Gasteiger partial charge in [-0.3, -0.25) is 4.90 Å². The smallest absolute Gasteiger partial charge is 0.294 e. The van der Waals surface area contributed by atoms with Crippen molar-refractivity contribution in [2.75, 3.05) is 26.8 Å². The molecule has 1 aromatic rings. The molecular weight excluding hydrogens is 336 g/mol. The molecule has 2 aliphatic rings. The van der Waals surface area contributed by atoms with Crippen LogP contribution in [-0.4, -0.2) is 61.1 Å². The molecule has 1 aromatic carbocycles. The van der Waals surface area contributed by atoms with Gasteiger partial charge in [0.15, 0.2) is 6.10 Å². The summed E-state index contributed by atoms with van der Waals surface area (Å²) in [6.07, 6.45) is 0.964. The lowest BCUT2D eigenvalue weighted by Crippen LogP contribution is -2.43. The number of aryl methyl sites for hydroxylation is 1. The fourth-order valence-electron chi connectivity index (χ4n) is 3.37. The molecule has 8 heteroatoms. The van der Waals surface area contributed by atoms with Crippen molar-refractivity contribution in [1.29, 1.82) is 0 Å². The fraction of sp³-hybridized carbons (Fsp3) is 0.625. The highest BCUT2D eigenvalue weighted by Gasteiger charge is 2.50. The van der Waals surface area contributed by atoms with Crippen molar-refractivity contribution in [2.24, 2.45) is 0 Å². The molecule has 3 rings (SSSR count). The highest BCUT2D eigenvalue weighted by atomic mass is 35.5. The van der Waals surface area contributed by atoms with Crippen molar-refractivity contribution in [1.82, 2.24) is 4.90 Å². The number of nitrogens with zero attached hydrogens (tertiary/aromatic N) is 2. The molecule has 0 bridgehead atoms. The Kier molecular flexibility index (Phi) is 6.79. The molecule has 2 heterocycles. The lowest BCUT2D eigenvalue weighted by atomic mass is 10.1. The van der Waals surface area contributed by atoms with Crippen molar-refractivity contribution in [3.63, 3.8) is 0 Å². The lowest BCUT2D eigenvalue weighted by molar-refractivity contribution is -0.769. The Labute approximate surface area is 147 Å². The van der Waals surface area contributed by atoms with Crippen LogP contribution in [0.25, 0.3) is 0 Å². The third-order valence-electron chi connectivity index (χ3n) is 4.59. The zero-order chi connectivity index (χ0) is 16.2. The molecule has 0 spiro atoms. The van der Waals surface area contributed by atoms with E-state index in [-0.39, 0.29) is 37.3 Å². The van der Waals surface area contributed by atoms with Crippen molar-refractivity contribution in [3.8, 4) is 0 Å². The average molecular weight is 359 g/mol. The minimum atomic E-state index is -0.767. The molecule has 0 radical (unpaired) electrons. The summed E-state index contributed by atoms with van der Waals surface area (Å²) < 4.78 is 11.4. The molecule has 7 nitrogen and oxygen atoms in total. The van der Waals surface area contributed by atoms with Gasteiger partial charge in [0.25, 0.3) is 5.09 Å². The summed E-state index contributed by atoms with van der Waals surface area (Å²) >= 11 is 0. The molecule has 0 N–H and O–H groups in total. The number of halogens is 1. The number of likely N-dealkylation sites (N-methyl/N-ethyl adjacent to an activating group) is 1. The van der Waals surface area contributed by atoms with E-state index >= 15 is 0 Å². The van der Waals surface area contributed by atoms with Crippen LogP contribution in [0.3, 0.4) is 0 Å². The summed E-state index contributed by atoms with van der Waals surface area (Å²) in [6.45, 7) is 1.66. The Balaban J connectivity index is 0.00000208. The molecule has 2 saturated heterocycles. The summed E-state index contributed by atoms with van der Waals surface area (Å²) in [5.41, 5.74) is 1.33. The van der Waals surface area contributed by atoms with E-state index in [9.17, 15) is 10.1 Å². The fourth-order valence-corrected chi connectivity index (χ4v) is 3.37. The van der Waals surface area contributed by atoms with E-state index in [1.807, 2.05) is 13.1 Å². The molecule has 134 valence electrons. The monoisotopic (exact) mass is 358 g/mol. The van der Waals surface area contributed by atoms with Crippen LogP contribution < -0.4 is 0 Å². The van der Waals surface area contributed by atoms with Crippen LogP contribution in [-0.2, 0) is 20.7 Å². The SMILES string of the molecule is CN(CCCc1ccccc1)[C@H]1CO[C@H]2[C@@H]1OC[C@@H]2O[N+](=O)[O-].Cl. The summed E-state index contributed by atoms with van der Waals surface area (Å²) in [5, 5.41) is 9.73. The van der Waals surface area contributed by atoms with Gasteiger partial charge < -0.3 is 14.3 Å². The third-order valence-corrected chi connectivity index (χ3v) is 4.59. The molecule has 0 amide bonds. The van der Waals surface area contributed by atoms with Gasteiger partial charge in [-0.25, -0.2) is 0 Å². The van der Waals surface area contributed by atoms with Crippen molar-refractivity contribution < 1.29 is 19.4 Å². The predicted molar refractivity (Wildman–Crippen MR) is 89.8 cm³/mol. The second-order valence-electron chi connectivity index (χ2n) is 6.10. The molecule has 24 heavy (non-hydrogen) atoms. The molecule has 2 fully saturated rings. The Bertz CT molecular complexity index is 532. The number of hydrogen-bond acceptors (Lipinski definition) is 6. The minimum absolute atomic E-state index is 0. The maximum absolute atomic E-state index is 10.5. The maximum Gasteiger partial charge on any atom is 0.294 e. The van der Waals surface area contributed by atoms with Gasteiger partial charge in [0.05, 0.1) is 19.3 Å². The first-order chi connectivity index (χ1) is 11.1. The maximum atomic E-state index is 10.5. The van der Waals surface area contributed by atoms with Crippen molar-refractivity contribution >= 4 is 12.4 Å². The molecular formula is C16H23ClN2O5. The summed E-state index contributed by atoms with van der Waals surface area (Å²) in [5.74, 6) is 0. The quantitative estimate of drug-likeness (QED) is 0.545. The summed E-state index contributed by atoms with van der Waals surface area (Å²) in [7, 11) is 2.05. The Morgan fingerprint density at radius 2 is 1.96 bits per heavy atom. The summed E-state index contributed by atoms with van der Waals surface area (Å²) in [4.78, 5) is 17.4. The van der Waals surface area contributed by atoms with Crippen LogP contribution in [0.1, 0.15) is 12.0 Å². The van der Waals surface area contributed by atoms with Crippen LogP contribution in [0, 0.1) is 10.1 Å². The number of hydrogen-bond donors (Lipinski definition) is 0. The Morgan fingerprint density at radius 1 is 1.25 bits per heavy atom. The highest BCUT2D eigenvalue weighted by molar-refractivity contribution is 5.85. The average Bonchev–Trinajstić information content (AvgIpc) is 3.11. The summed E-state index contributed by atoms with van der Waals surface area (Å²) in [6, 6.07) is 10.5. The van der Waals surface area contributed by atoms with Crippen molar-refractivity contribution in [3.05, 3.63) is 46.0 Å². The van der Waals surface area contributed by atoms with Gasteiger partial charge in [0.1, 0.15) is 12.2 Å². The van der Waals surface area contributed by atoms with Gasteiger partial charge in [-0.15, -0.1) is 22.5 Å². The van der Waals surface area contributed by atoms with Gasteiger partial charge in [0, 0.05) is 0 Å². The topological polar surface area (TPSA) is 74.1 Å². The predicted octanol–water partition coefficient (Wildman–Crippen LogP) is 1.72. The number of rotatable bonds is 7. The highest BCUT2D eigenvalue weighted by Crippen LogP contribution is 2.31. The largest absolute Gasteiger partial charge is 0.371 e. The molecule has 4 atom stereocenters. The van der Waals surface area contributed by atoms with Gasteiger partial charge in [-0.05, 0) is 32.0 Å². The molecule has 0 unspecified atom stereocenters. The van der Waals surface area contributed by atoms with E-state index in [0.29, 0.717) is 6.61 Å². The molecule has 0 aromatic heterocycles. The van der Waals surface area contributed by atoms with E-state index in [1.165, 1.54) is 5.56 Å². The van der Waals surface area contributed by atoms with Gasteiger partial charge >= 0.3 is 0 Å². The number of benzene rings is 1. The second kappa shape index (κ2) is 8.62. The number of ether oxygens (including phenoxy) is 2. The first-order valence-electron chi connectivity index (χ1n) is 7.93. The van der Waals surface area contributed by atoms with Gasteiger partial charge in [-0.1, -0.05) is 30.3 Å². The first kappa shape index (κ1) is 18.9. The minimum Gasteiger partial charge on any atom is -0.371 e. The van der Waals surface area contributed by atoms with E-state index in [4.69, 9.17) is 9.47 Å². The number of fused-ring (bicyclic) bond motifs is 1.